The van der Waals surface area contributed by atoms with Crippen molar-refractivity contribution in [3.05, 3.63) is 63.9 Å². The predicted octanol–water partition coefficient (Wildman–Crippen LogP) is 3.61. The van der Waals surface area contributed by atoms with Gasteiger partial charge < -0.3 is 10.6 Å². The molecular weight excluding hydrogens is 386 g/mol. The fraction of sp³-hybridized carbons (Fsp3) is 0.238. The molecule has 0 aliphatic heterocycles. The Bertz CT molecular complexity index is 1100. The zero-order valence-corrected chi connectivity index (χ0v) is 17.4. The first kappa shape index (κ1) is 20.5. The summed E-state index contributed by atoms with van der Waals surface area (Å²) >= 11 is 5.33. The van der Waals surface area contributed by atoms with Crippen molar-refractivity contribution in [1.29, 1.82) is 0 Å². The average Bonchev–Trinajstić information content (AvgIpc) is 3.08. The van der Waals surface area contributed by atoms with Gasteiger partial charge in [0, 0.05) is 36.8 Å². The van der Waals surface area contributed by atoms with Gasteiger partial charge in [-0.1, -0.05) is 35.9 Å². The number of carbonyl (C=O) groups excluding carboxylic acids is 2. The van der Waals surface area contributed by atoms with Crippen LogP contribution >= 0.6 is 12.2 Å². The number of carbonyl (C=O) groups is 2. The van der Waals surface area contributed by atoms with E-state index in [0.29, 0.717) is 28.4 Å². The van der Waals surface area contributed by atoms with Crippen molar-refractivity contribution in [2.45, 2.75) is 26.8 Å². The quantitative estimate of drug-likeness (QED) is 0.542. The molecule has 0 saturated carbocycles. The first-order valence-corrected chi connectivity index (χ1v) is 9.65. The molecule has 7 nitrogen and oxygen atoms in total. The minimum atomic E-state index is -0.189. The highest BCUT2D eigenvalue weighted by molar-refractivity contribution is 7.71. The molecule has 0 unspecified atom stereocenters. The van der Waals surface area contributed by atoms with E-state index < -0.39 is 0 Å². The Morgan fingerprint density at radius 1 is 1.14 bits per heavy atom. The monoisotopic (exact) mass is 409 g/mol. The number of aromatic nitrogens is 3. The first-order valence-electron chi connectivity index (χ1n) is 9.24. The fourth-order valence-corrected chi connectivity index (χ4v) is 3.25. The van der Waals surface area contributed by atoms with E-state index in [1.54, 1.807) is 25.2 Å². The summed E-state index contributed by atoms with van der Waals surface area (Å²) in [4.78, 5) is 24.5. The minimum Gasteiger partial charge on any atom is -0.355 e. The summed E-state index contributed by atoms with van der Waals surface area (Å²) in [7, 11) is 1.58. The van der Waals surface area contributed by atoms with Crippen LogP contribution in [0, 0.1) is 18.6 Å². The molecule has 0 fully saturated rings. The first-order chi connectivity index (χ1) is 13.9. The van der Waals surface area contributed by atoms with Gasteiger partial charge >= 0.3 is 0 Å². The number of amides is 2. The second kappa shape index (κ2) is 8.83. The number of hydrogen-bond acceptors (Lipinski definition) is 4. The Hall–Kier alpha value is -3.26. The van der Waals surface area contributed by atoms with Gasteiger partial charge in [0.25, 0.3) is 5.91 Å². The molecule has 0 radical (unpaired) electrons. The van der Waals surface area contributed by atoms with Crippen LogP contribution in [0.1, 0.15) is 27.9 Å². The lowest BCUT2D eigenvalue weighted by Crippen LogP contribution is -2.20. The molecule has 150 valence electrons. The third-order valence-electron chi connectivity index (χ3n) is 4.71. The lowest BCUT2D eigenvalue weighted by atomic mass is 10.1. The Labute approximate surface area is 174 Å². The number of aromatic amines is 1. The van der Waals surface area contributed by atoms with E-state index in [0.717, 1.165) is 16.7 Å². The van der Waals surface area contributed by atoms with Gasteiger partial charge in [-0.2, -0.15) is 5.10 Å². The third-order valence-corrected chi connectivity index (χ3v) is 5.02. The molecule has 0 atom stereocenters. The number of anilines is 1. The average molecular weight is 410 g/mol. The molecule has 1 heterocycles. The van der Waals surface area contributed by atoms with E-state index in [2.05, 4.69) is 20.8 Å². The lowest BCUT2D eigenvalue weighted by Gasteiger charge is -2.12. The number of nitrogens with zero attached hydrogens (tertiary/aromatic N) is 2. The highest BCUT2D eigenvalue weighted by Crippen LogP contribution is 2.20. The molecule has 0 saturated heterocycles. The standard InChI is InChI=1S/C21H23N5O2S/c1-13-7-9-15(10-8-13)19-24-25-21(29)26(19)12-11-18(27)23-17-6-4-5-16(14(17)2)20(28)22-3/h4-10H,11-12H2,1-3H3,(H,22,28)(H,23,27)(H,25,29). The van der Waals surface area contributed by atoms with Crippen molar-refractivity contribution in [3.8, 4) is 11.4 Å². The highest BCUT2D eigenvalue weighted by atomic mass is 32.1. The molecule has 29 heavy (non-hydrogen) atoms. The second-order valence-electron chi connectivity index (χ2n) is 6.73. The van der Waals surface area contributed by atoms with Gasteiger partial charge in [0.15, 0.2) is 10.6 Å². The van der Waals surface area contributed by atoms with Crippen LogP contribution in [0.5, 0.6) is 0 Å². The van der Waals surface area contributed by atoms with Crippen LogP contribution in [0.25, 0.3) is 11.4 Å². The van der Waals surface area contributed by atoms with Crippen molar-refractivity contribution in [1.82, 2.24) is 20.1 Å². The molecule has 2 aromatic carbocycles. The molecular formula is C21H23N5O2S. The predicted molar refractivity (Wildman–Crippen MR) is 115 cm³/mol. The van der Waals surface area contributed by atoms with Crippen LogP contribution < -0.4 is 10.6 Å². The number of benzene rings is 2. The van der Waals surface area contributed by atoms with E-state index in [9.17, 15) is 9.59 Å². The van der Waals surface area contributed by atoms with E-state index in [4.69, 9.17) is 12.2 Å². The minimum absolute atomic E-state index is 0.167. The maximum absolute atomic E-state index is 12.5. The summed E-state index contributed by atoms with van der Waals surface area (Å²) in [6.45, 7) is 4.22. The number of aryl methyl sites for hydroxylation is 1. The summed E-state index contributed by atoms with van der Waals surface area (Å²) < 4.78 is 2.28. The van der Waals surface area contributed by atoms with Crippen LogP contribution in [0.4, 0.5) is 5.69 Å². The molecule has 0 aliphatic carbocycles. The van der Waals surface area contributed by atoms with Crippen molar-refractivity contribution >= 4 is 29.7 Å². The third kappa shape index (κ3) is 4.60. The van der Waals surface area contributed by atoms with Crippen molar-refractivity contribution in [2.75, 3.05) is 12.4 Å². The normalized spacial score (nSPS) is 10.6. The van der Waals surface area contributed by atoms with E-state index >= 15 is 0 Å². The van der Waals surface area contributed by atoms with Gasteiger partial charge in [-0.05, 0) is 43.8 Å². The molecule has 3 rings (SSSR count). The molecule has 3 N–H and O–H groups in total. The van der Waals surface area contributed by atoms with Crippen molar-refractivity contribution in [2.24, 2.45) is 0 Å². The zero-order chi connectivity index (χ0) is 21.0. The topological polar surface area (TPSA) is 91.8 Å². The highest BCUT2D eigenvalue weighted by Gasteiger charge is 2.14. The number of rotatable bonds is 6. The van der Waals surface area contributed by atoms with Crippen LogP contribution in [0.3, 0.4) is 0 Å². The van der Waals surface area contributed by atoms with E-state index in [-0.39, 0.29) is 18.2 Å². The van der Waals surface area contributed by atoms with Crippen LogP contribution in [-0.4, -0.2) is 33.6 Å². The smallest absolute Gasteiger partial charge is 0.251 e. The maximum atomic E-state index is 12.5. The van der Waals surface area contributed by atoms with Crippen LogP contribution in [-0.2, 0) is 11.3 Å². The van der Waals surface area contributed by atoms with E-state index in [1.165, 1.54) is 0 Å². The summed E-state index contributed by atoms with van der Waals surface area (Å²) in [6, 6.07) is 13.2. The Kier molecular flexibility index (Phi) is 6.23. The summed E-state index contributed by atoms with van der Waals surface area (Å²) in [5.41, 5.74) is 3.95. The van der Waals surface area contributed by atoms with Gasteiger partial charge in [0.1, 0.15) is 0 Å². The van der Waals surface area contributed by atoms with Gasteiger partial charge in [-0.15, -0.1) is 0 Å². The SMILES string of the molecule is CNC(=O)c1cccc(NC(=O)CCn2c(-c3ccc(C)cc3)n[nH]c2=S)c1C. The molecule has 0 bridgehead atoms. The largest absolute Gasteiger partial charge is 0.355 e. The Morgan fingerprint density at radius 2 is 1.86 bits per heavy atom. The van der Waals surface area contributed by atoms with Crippen LogP contribution in [0.15, 0.2) is 42.5 Å². The number of H-pyrrole nitrogens is 1. The number of hydrogen-bond donors (Lipinski definition) is 3. The van der Waals surface area contributed by atoms with E-state index in [1.807, 2.05) is 42.7 Å². The fourth-order valence-electron chi connectivity index (χ4n) is 3.03. The van der Waals surface area contributed by atoms with Gasteiger partial charge in [0.2, 0.25) is 5.91 Å². The molecule has 0 spiro atoms. The number of nitrogens with one attached hydrogen (secondary N) is 3. The molecule has 2 amide bonds. The van der Waals surface area contributed by atoms with Crippen molar-refractivity contribution in [3.63, 3.8) is 0 Å². The van der Waals surface area contributed by atoms with Crippen LogP contribution in [0.2, 0.25) is 0 Å². The Balaban J connectivity index is 1.73. The molecule has 8 heteroatoms. The van der Waals surface area contributed by atoms with Crippen molar-refractivity contribution < 1.29 is 9.59 Å². The van der Waals surface area contributed by atoms with Gasteiger partial charge in [-0.3, -0.25) is 19.3 Å². The summed E-state index contributed by atoms with van der Waals surface area (Å²) in [6.07, 6.45) is 0.219. The lowest BCUT2D eigenvalue weighted by molar-refractivity contribution is -0.116. The van der Waals surface area contributed by atoms with Gasteiger partial charge in [0.05, 0.1) is 0 Å². The summed E-state index contributed by atoms with van der Waals surface area (Å²) in [5.74, 6) is 0.340. The Morgan fingerprint density at radius 3 is 2.55 bits per heavy atom. The molecule has 1 aromatic heterocycles. The van der Waals surface area contributed by atoms with Gasteiger partial charge in [-0.25, -0.2) is 0 Å². The molecule has 0 aliphatic rings. The molecule has 3 aromatic rings. The summed E-state index contributed by atoms with van der Waals surface area (Å²) in [5, 5.41) is 12.6. The zero-order valence-electron chi connectivity index (χ0n) is 16.6. The maximum Gasteiger partial charge on any atom is 0.251 e. The second-order valence-corrected chi connectivity index (χ2v) is 7.11.